The Hall–Kier alpha value is -0.570. The van der Waals surface area contributed by atoms with Crippen LogP contribution in [0.3, 0.4) is 0 Å². The maximum absolute atomic E-state index is 10.7. The number of rotatable bonds is 16. The summed E-state index contributed by atoms with van der Waals surface area (Å²) in [6.45, 7) is 6.52. The van der Waals surface area contributed by atoms with Crippen LogP contribution in [-0.4, -0.2) is 11.2 Å². The highest BCUT2D eigenvalue weighted by molar-refractivity contribution is 5.68. The first-order valence-electron chi connectivity index (χ1n) is 10.6. The summed E-state index contributed by atoms with van der Waals surface area (Å²) < 4.78 is 0. The van der Waals surface area contributed by atoms with Gasteiger partial charge in [-0.05, 0) is 6.42 Å². The first-order valence-corrected chi connectivity index (χ1v) is 10.6. The molecule has 0 rings (SSSR count). The Morgan fingerprint density at radius 1 is 0.625 bits per heavy atom. The molecule has 0 aromatic heterocycles. The van der Waals surface area contributed by atoms with Crippen molar-refractivity contribution in [2.45, 2.75) is 130 Å². The van der Waals surface area contributed by atoms with Gasteiger partial charge < -0.3 is 4.89 Å². The monoisotopic (exact) mass is 344 g/mol. The minimum atomic E-state index is -0.510. The van der Waals surface area contributed by atoms with Gasteiger partial charge in [-0.1, -0.05) is 117 Å². The second kappa shape index (κ2) is 24.7. The van der Waals surface area contributed by atoms with E-state index >= 15 is 0 Å². The zero-order valence-corrected chi connectivity index (χ0v) is 16.8. The van der Waals surface area contributed by atoms with Crippen LogP contribution in [0.5, 0.6) is 0 Å². The van der Waals surface area contributed by atoms with Crippen LogP contribution in [0.15, 0.2) is 0 Å². The van der Waals surface area contributed by atoms with Crippen molar-refractivity contribution in [3.05, 3.63) is 0 Å². The predicted molar refractivity (Wildman–Crippen MR) is 104 cm³/mol. The lowest BCUT2D eigenvalue weighted by Gasteiger charge is -2.03. The minimum absolute atomic E-state index is 0.342. The lowest BCUT2D eigenvalue weighted by molar-refractivity contribution is -0.234. The molecule has 0 aliphatic heterocycles. The zero-order valence-electron chi connectivity index (χ0n) is 16.8. The second-order valence-electron chi connectivity index (χ2n) is 6.87. The maximum Gasteiger partial charge on any atom is 0.342 e. The second-order valence-corrected chi connectivity index (χ2v) is 6.87. The molecule has 0 amide bonds. The molecule has 0 aromatic rings. The molecule has 0 saturated carbocycles. The average molecular weight is 345 g/mol. The van der Waals surface area contributed by atoms with Crippen molar-refractivity contribution in [1.82, 2.24) is 0 Å². The van der Waals surface area contributed by atoms with Crippen LogP contribution in [0.1, 0.15) is 130 Å². The Kier molecular flexibility index (Phi) is 26.4. The van der Waals surface area contributed by atoms with Crippen LogP contribution in [0.25, 0.3) is 0 Å². The van der Waals surface area contributed by atoms with E-state index in [1.54, 1.807) is 0 Å². The molecule has 146 valence electrons. The highest BCUT2D eigenvalue weighted by atomic mass is 17.1. The number of hydrogen-bond donors (Lipinski definition) is 1. The van der Waals surface area contributed by atoms with Gasteiger partial charge in [0.15, 0.2) is 0 Å². The average Bonchev–Trinajstić information content (AvgIpc) is 2.58. The van der Waals surface area contributed by atoms with Crippen molar-refractivity contribution in [1.29, 1.82) is 0 Å². The molecule has 0 atom stereocenters. The van der Waals surface area contributed by atoms with E-state index in [0.717, 1.165) is 12.8 Å². The Balaban J connectivity index is 0. The van der Waals surface area contributed by atoms with E-state index in [2.05, 4.69) is 25.7 Å². The summed E-state index contributed by atoms with van der Waals surface area (Å²) >= 11 is 0. The van der Waals surface area contributed by atoms with Gasteiger partial charge >= 0.3 is 5.97 Å². The van der Waals surface area contributed by atoms with E-state index in [0.29, 0.717) is 6.42 Å². The van der Waals surface area contributed by atoms with Crippen LogP contribution >= 0.6 is 0 Å². The largest absolute Gasteiger partial charge is 0.342 e. The molecule has 0 bridgehead atoms. The summed E-state index contributed by atoms with van der Waals surface area (Å²) in [6, 6.07) is 0. The fourth-order valence-electron chi connectivity index (χ4n) is 2.69. The third-order valence-electron chi connectivity index (χ3n) is 4.09. The minimum Gasteiger partial charge on any atom is -0.301 e. The molecule has 3 nitrogen and oxygen atoms in total. The molecule has 0 aromatic carbocycles. The molecule has 0 unspecified atom stereocenters. The van der Waals surface area contributed by atoms with Gasteiger partial charge in [-0.25, -0.2) is 4.79 Å². The van der Waals surface area contributed by atoms with Crippen LogP contribution in [0.4, 0.5) is 0 Å². The van der Waals surface area contributed by atoms with Crippen LogP contribution in [-0.2, 0) is 9.68 Å². The molecule has 0 radical (unpaired) electrons. The van der Waals surface area contributed by atoms with Crippen molar-refractivity contribution in [3.8, 4) is 0 Å². The van der Waals surface area contributed by atoms with Gasteiger partial charge in [0, 0.05) is 6.42 Å². The molecule has 0 aliphatic carbocycles. The number of carbonyl (C=O) groups is 1. The van der Waals surface area contributed by atoms with Gasteiger partial charge in [-0.3, -0.25) is 0 Å². The standard InChI is InChI=1S/C18H36O3.C3H8/c1-2-3-4-5-6-7-8-9-10-11-12-13-14-15-16-17-18(19)21-20;1-3-2/h20H,2-17H2,1H3;3H2,1-2H3. The van der Waals surface area contributed by atoms with Crippen molar-refractivity contribution in [2.24, 2.45) is 0 Å². The third-order valence-corrected chi connectivity index (χ3v) is 4.09. The summed E-state index contributed by atoms with van der Waals surface area (Å²) in [4.78, 5) is 14.3. The van der Waals surface area contributed by atoms with Crippen molar-refractivity contribution >= 4 is 5.97 Å². The third kappa shape index (κ3) is 26.3. The molecule has 1 N–H and O–H groups in total. The number of carbonyl (C=O) groups excluding carboxylic acids is 1. The van der Waals surface area contributed by atoms with E-state index < -0.39 is 5.97 Å². The Morgan fingerprint density at radius 3 is 1.21 bits per heavy atom. The summed E-state index contributed by atoms with van der Waals surface area (Å²) in [5, 5.41) is 8.10. The Labute approximate surface area is 151 Å². The van der Waals surface area contributed by atoms with Gasteiger partial charge in [0.25, 0.3) is 0 Å². The van der Waals surface area contributed by atoms with Gasteiger partial charge in [0.2, 0.25) is 0 Å². The highest BCUT2D eigenvalue weighted by Gasteiger charge is 2.00. The molecule has 0 heterocycles. The predicted octanol–water partition coefficient (Wildman–Crippen LogP) is 7.68. The Morgan fingerprint density at radius 2 is 0.917 bits per heavy atom. The molecule has 24 heavy (non-hydrogen) atoms. The van der Waals surface area contributed by atoms with Crippen LogP contribution in [0.2, 0.25) is 0 Å². The normalized spacial score (nSPS) is 10.2. The summed E-state index contributed by atoms with van der Waals surface area (Å²) in [5.41, 5.74) is 0. The fourth-order valence-corrected chi connectivity index (χ4v) is 2.69. The molecule has 3 heteroatoms. The SMILES string of the molecule is CCC.CCCCCCCCCCCCCCCCCC(=O)OO. The van der Waals surface area contributed by atoms with E-state index in [1.165, 1.54) is 89.9 Å². The number of hydrogen-bond acceptors (Lipinski definition) is 3. The van der Waals surface area contributed by atoms with E-state index in [9.17, 15) is 4.79 Å². The quantitative estimate of drug-likeness (QED) is 0.177. The van der Waals surface area contributed by atoms with Gasteiger partial charge in [0.05, 0.1) is 0 Å². The van der Waals surface area contributed by atoms with Crippen molar-refractivity contribution in [2.75, 3.05) is 0 Å². The van der Waals surface area contributed by atoms with E-state index in [1.807, 2.05) is 0 Å². The molecule has 0 saturated heterocycles. The molecule has 0 aliphatic rings. The summed E-state index contributed by atoms with van der Waals surface area (Å²) in [5.74, 6) is -0.510. The maximum atomic E-state index is 10.7. The molecule has 0 fully saturated rings. The first-order chi connectivity index (χ1) is 11.7. The topological polar surface area (TPSA) is 46.5 Å². The fraction of sp³-hybridized carbons (Fsp3) is 0.952. The first kappa shape index (κ1) is 25.7. The Bertz CT molecular complexity index is 229. The molecule has 0 spiro atoms. The van der Waals surface area contributed by atoms with Crippen molar-refractivity contribution in [3.63, 3.8) is 0 Å². The molecular formula is C21H44O3. The van der Waals surface area contributed by atoms with E-state index in [-0.39, 0.29) is 0 Å². The van der Waals surface area contributed by atoms with Gasteiger partial charge in [-0.2, -0.15) is 5.26 Å². The smallest absolute Gasteiger partial charge is 0.301 e. The van der Waals surface area contributed by atoms with E-state index in [4.69, 9.17) is 5.26 Å². The van der Waals surface area contributed by atoms with Gasteiger partial charge in [-0.15, -0.1) is 0 Å². The highest BCUT2D eigenvalue weighted by Crippen LogP contribution is 2.13. The summed E-state index contributed by atoms with van der Waals surface area (Å²) in [6.07, 6.45) is 21.3. The van der Waals surface area contributed by atoms with Crippen LogP contribution < -0.4 is 0 Å². The van der Waals surface area contributed by atoms with Gasteiger partial charge in [0.1, 0.15) is 0 Å². The lowest BCUT2D eigenvalue weighted by Crippen LogP contribution is -1.99. The summed E-state index contributed by atoms with van der Waals surface area (Å²) in [7, 11) is 0. The molecular weight excluding hydrogens is 300 g/mol. The zero-order chi connectivity index (χ0) is 18.3. The van der Waals surface area contributed by atoms with Crippen molar-refractivity contribution < 1.29 is 14.9 Å². The lowest BCUT2D eigenvalue weighted by atomic mass is 10.0. The van der Waals surface area contributed by atoms with Crippen LogP contribution in [0, 0.1) is 0 Å². The number of unbranched alkanes of at least 4 members (excludes halogenated alkanes) is 14.